The summed E-state index contributed by atoms with van der Waals surface area (Å²) in [6.45, 7) is 2.23. The Morgan fingerprint density at radius 1 is 0.667 bits per heavy atom. The van der Waals surface area contributed by atoms with Gasteiger partial charge in [0.15, 0.2) is 0 Å². The van der Waals surface area contributed by atoms with Crippen LogP contribution in [0.25, 0.3) is 33.0 Å². The molecule has 0 amide bonds. The lowest BCUT2D eigenvalue weighted by atomic mass is 9.96. The van der Waals surface area contributed by atoms with Gasteiger partial charge >= 0.3 is 0 Å². The maximum atomic E-state index is 15.1. The fourth-order valence-corrected chi connectivity index (χ4v) is 3.97. The molecule has 0 heterocycles. The topological polar surface area (TPSA) is 0 Å². The molecule has 2 heteroatoms. The first-order valence-electron chi connectivity index (χ1n) is 10.7. The molecule has 0 spiro atoms. The fraction of sp³-hybridized carbons (Fsp3) is 0.214. The lowest BCUT2D eigenvalue weighted by Crippen LogP contribution is -1.89. The highest BCUT2D eigenvalue weighted by Gasteiger charge is 2.11. The molecule has 0 bridgehead atoms. The van der Waals surface area contributed by atoms with Crippen molar-refractivity contribution in [3.63, 3.8) is 0 Å². The second kappa shape index (κ2) is 9.21. The summed E-state index contributed by atoms with van der Waals surface area (Å²) in [5, 5.41) is 1.39. The summed E-state index contributed by atoms with van der Waals surface area (Å²) in [6, 6.07) is 24.2. The Balaban J connectivity index is 1.59. The molecule has 0 saturated heterocycles. The van der Waals surface area contributed by atoms with E-state index in [1.54, 1.807) is 18.2 Å². The van der Waals surface area contributed by atoms with Crippen LogP contribution < -0.4 is 0 Å². The number of aryl methyl sites for hydroxylation is 1. The summed E-state index contributed by atoms with van der Waals surface area (Å²) in [5.41, 5.74) is 4.53. The third-order valence-electron chi connectivity index (χ3n) is 5.70. The average molecular weight is 401 g/mol. The highest BCUT2D eigenvalue weighted by molar-refractivity contribution is 5.91. The zero-order valence-electron chi connectivity index (χ0n) is 17.3. The Bertz CT molecular complexity index is 1140. The van der Waals surface area contributed by atoms with E-state index in [0.717, 1.165) is 22.9 Å². The van der Waals surface area contributed by atoms with Crippen LogP contribution in [0.5, 0.6) is 0 Å². The van der Waals surface area contributed by atoms with Crippen LogP contribution in [0.4, 0.5) is 8.78 Å². The van der Waals surface area contributed by atoms with Crippen LogP contribution in [-0.4, -0.2) is 0 Å². The van der Waals surface area contributed by atoms with Gasteiger partial charge < -0.3 is 0 Å². The number of unbranched alkanes of at least 4 members (excludes halogenated alkanes) is 3. The molecular weight excluding hydrogens is 374 g/mol. The Morgan fingerprint density at radius 2 is 1.47 bits per heavy atom. The Kier molecular flexibility index (Phi) is 6.23. The van der Waals surface area contributed by atoms with Gasteiger partial charge in [-0.05, 0) is 58.7 Å². The standard InChI is InChI=1S/C28H26F2/c1-2-3-4-5-7-20-10-12-21(13-11-20)22-14-16-27-24(18-22)15-17-26(28(27)30)23-8-6-9-25(29)19-23/h6,8-19H,2-5,7H2,1H3. The zero-order chi connectivity index (χ0) is 20.9. The monoisotopic (exact) mass is 400 g/mol. The molecule has 0 aromatic heterocycles. The quantitative estimate of drug-likeness (QED) is 0.273. The van der Waals surface area contributed by atoms with E-state index >= 15 is 4.39 Å². The van der Waals surface area contributed by atoms with Crippen LogP contribution in [0.2, 0.25) is 0 Å². The lowest BCUT2D eigenvalue weighted by molar-refractivity contribution is 0.627. The summed E-state index contributed by atoms with van der Waals surface area (Å²) < 4.78 is 28.7. The van der Waals surface area contributed by atoms with Crippen LogP contribution in [0.15, 0.2) is 78.9 Å². The molecule has 0 nitrogen and oxygen atoms in total. The molecule has 4 aromatic carbocycles. The summed E-state index contributed by atoms with van der Waals surface area (Å²) in [5.74, 6) is -0.678. The molecule has 0 aliphatic carbocycles. The maximum absolute atomic E-state index is 15.1. The van der Waals surface area contributed by atoms with Crippen molar-refractivity contribution in [3.05, 3.63) is 96.1 Å². The first-order valence-corrected chi connectivity index (χ1v) is 10.7. The van der Waals surface area contributed by atoms with E-state index in [2.05, 4.69) is 31.2 Å². The van der Waals surface area contributed by atoms with E-state index < -0.39 is 0 Å². The SMILES string of the molecule is CCCCCCc1ccc(-c2ccc3c(F)c(-c4cccc(F)c4)ccc3c2)cc1. The van der Waals surface area contributed by atoms with E-state index in [4.69, 9.17) is 0 Å². The Morgan fingerprint density at radius 3 is 2.23 bits per heavy atom. The maximum Gasteiger partial charge on any atom is 0.138 e. The summed E-state index contributed by atoms with van der Waals surface area (Å²) in [6.07, 6.45) is 6.19. The third kappa shape index (κ3) is 4.43. The van der Waals surface area contributed by atoms with Gasteiger partial charge in [0.25, 0.3) is 0 Å². The molecule has 0 saturated carbocycles. The second-order valence-electron chi connectivity index (χ2n) is 7.88. The minimum atomic E-state index is -0.365. The molecule has 0 aliphatic heterocycles. The van der Waals surface area contributed by atoms with Crippen LogP contribution in [0.3, 0.4) is 0 Å². The van der Waals surface area contributed by atoms with Crippen molar-refractivity contribution in [2.75, 3.05) is 0 Å². The number of rotatable bonds is 7. The molecule has 0 atom stereocenters. The van der Waals surface area contributed by atoms with Gasteiger partial charge in [-0.25, -0.2) is 8.78 Å². The largest absolute Gasteiger partial charge is 0.207 e. The molecule has 4 aromatic rings. The van der Waals surface area contributed by atoms with E-state index in [1.807, 2.05) is 24.3 Å². The van der Waals surface area contributed by atoms with Gasteiger partial charge in [0.1, 0.15) is 11.6 Å². The van der Waals surface area contributed by atoms with Gasteiger partial charge in [0.2, 0.25) is 0 Å². The Labute approximate surface area is 177 Å². The van der Waals surface area contributed by atoms with Gasteiger partial charge in [-0.3, -0.25) is 0 Å². The lowest BCUT2D eigenvalue weighted by Gasteiger charge is -2.10. The highest BCUT2D eigenvalue weighted by atomic mass is 19.1. The highest BCUT2D eigenvalue weighted by Crippen LogP contribution is 2.32. The van der Waals surface area contributed by atoms with Crippen LogP contribution in [0, 0.1) is 11.6 Å². The van der Waals surface area contributed by atoms with Gasteiger partial charge in [-0.2, -0.15) is 0 Å². The molecule has 30 heavy (non-hydrogen) atoms. The zero-order valence-corrected chi connectivity index (χ0v) is 17.3. The minimum Gasteiger partial charge on any atom is -0.207 e. The fourth-order valence-electron chi connectivity index (χ4n) is 3.97. The molecule has 0 N–H and O–H groups in total. The molecule has 0 radical (unpaired) electrons. The van der Waals surface area contributed by atoms with Crippen molar-refractivity contribution in [2.24, 2.45) is 0 Å². The van der Waals surface area contributed by atoms with Crippen molar-refractivity contribution in [1.29, 1.82) is 0 Å². The predicted molar refractivity (Wildman–Crippen MR) is 123 cm³/mol. The van der Waals surface area contributed by atoms with E-state index in [0.29, 0.717) is 16.5 Å². The van der Waals surface area contributed by atoms with Crippen molar-refractivity contribution in [1.82, 2.24) is 0 Å². The number of hydrogen-bond acceptors (Lipinski definition) is 0. The number of halogens is 2. The molecule has 4 rings (SSSR count). The van der Waals surface area contributed by atoms with Gasteiger partial charge in [0, 0.05) is 10.9 Å². The number of benzene rings is 4. The van der Waals surface area contributed by atoms with Crippen molar-refractivity contribution in [3.8, 4) is 22.3 Å². The van der Waals surface area contributed by atoms with Crippen LogP contribution in [0.1, 0.15) is 38.2 Å². The van der Waals surface area contributed by atoms with Gasteiger partial charge in [-0.15, -0.1) is 0 Å². The second-order valence-corrected chi connectivity index (χ2v) is 7.88. The third-order valence-corrected chi connectivity index (χ3v) is 5.70. The number of fused-ring (bicyclic) bond motifs is 1. The van der Waals surface area contributed by atoms with Gasteiger partial charge in [-0.1, -0.05) is 86.8 Å². The molecular formula is C28H26F2. The molecule has 152 valence electrons. The first kappa shape index (κ1) is 20.3. The first-order chi connectivity index (χ1) is 14.7. The van der Waals surface area contributed by atoms with E-state index in [9.17, 15) is 4.39 Å². The van der Waals surface area contributed by atoms with Crippen molar-refractivity contribution in [2.45, 2.75) is 39.0 Å². The van der Waals surface area contributed by atoms with Crippen LogP contribution >= 0.6 is 0 Å². The van der Waals surface area contributed by atoms with Gasteiger partial charge in [0.05, 0.1) is 0 Å². The van der Waals surface area contributed by atoms with Crippen molar-refractivity contribution >= 4 is 10.8 Å². The summed E-state index contributed by atoms with van der Waals surface area (Å²) in [4.78, 5) is 0. The normalized spacial score (nSPS) is 11.2. The predicted octanol–water partition coefficient (Wildman–Crippen LogP) is 8.57. The molecule has 0 unspecified atom stereocenters. The average Bonchev–Trinajstić information content (AvgIpc) is 2.77. The minimum absolute atomic E-state index is 0.313. The summed E-state index contributed by atoms with van der Waals surface area (Å²) >= 11 is 0. The van der Waals surface area contributed by atoms with E-state index in [-0.39, 0.29) is 11.6 Å². The molecule has 0 aliphatic rings. The smallest absolute Gasteiger partial charge is 0.138 e. The van der Waals surface area contributed by atoms with Crippen LogP contribution in [-0.2, 0) is 6.42 Å². The Hall–Kier alpha value is -3.00. The van der Waals surface area contributed by atoms with Crippen molar-refractivity contribution < 1.29 is 8.78 Å². The summed E-state index contributed by atoms with van der Waals surface area (Å²) in [7, 11) is 0. The number of hydrogen-bond donors (Lipinski definition) is 0. The van der Waals surface area contributed by atoms with E-state index in [1.165, 1.54) is 43.4 Å². The molecule has 0 fully saturated rings.